The Hall–Kier alpha value is -3.38. The first-order chi connectivity index (χ1) is 16.4. The Morgan fingerprint density at radius 2 is 1.65 bits per heavy atom. The molecular formula is C27H25ClFNO4. The summed E-state index contributed by atoms with van der Waals surface area (Å²) in [6.45, 7) is 0.114. The van der Waals surface area contributed by atoms with Crippen molar-refractivity contribution in [1.29, 1.82) is 0 Å². The van der Waals surface area contributed by atoms with E-state index >= 15 is 0 Å². The van der Waals surface area contributed by atoms with Gasteiger partial charge in [0.05, 0.1) is 5.02 Å². The third-order valence-corrected chi connectivity index (χ3v) is 6.76. The van der Waals surface area contributed by atoms with Crippen molar-refractivity contribution in [2.45, 2.75) is 31.2 Å². The number of aliphatic carboxylic acids is 1. The summed E-state index contributed by atoms with van der Waals surface area (Å²) in [5, 5.41) is 9.73. The molecule has 5 nitrogen and oxygen atoms in total. The van der Waals surface area contributed by atoms with Crippen molar-refractivity contribution >= 4 is 23.7 Å². The third kappa shape index (κ3) is 4.77. The fourth-order valence-electron chi connectivity index (χ4n) is 4.53. The van der Waals surface area contributed by atoms with Crippen LogP contribution < -0.4 is 0 Å². The van der Waals surface area contributed by atoms with Crippen LogP contribution in [-0.4, -0.2) is 41.8 Å². The molecule has 0 radical (unpaired) electrons. The highest BCUT2D eigenvalue weighted by Crippen LogP contribution is 2.44. The molecular weight excluding hydrogens is 457 g/mol. The average molecular weight is 482 g/mol. The normalized spacial score (nSPS) is 13.1. The van der Waals surface area contributed by atoms with Gasteiger partial charge in [0.25, 0.3) is 0 Å². The van der Waals surface area contributed by atoms with E-state index < -0.39 is 23.9 Å². The van der Waals surface area contributed by atoms with Crippen molar-refractivity contribution in [2.75, 3.05) is 13.7 Å². The second kappa shape index (κ2) is 10.3. The first-order valence-corrected chi connectivity index (χ1v) is 11.5. The summed E-state index contributed by atoms with van der Waals surface area (Å²) in [6, 6.07) is 19.5. The summed E-state index contributed by atoms with van der Waals surface area (Å²) < 4.78 is 19.2. The van der Waals surface area contributed by atoms with E-state index in [0.29, 0.717) is 18.4 Å². The molecule has 1 aliphatic carbocycles. The first-order valence-electron chi connectivity index (χ1n) is 11.1. The SMILES string of the molecule is CN(C(=O)OCC1c2ccccc2-c2ccccc21)[C@@H](CCCc1cccc(F)c1Cl)C(=O)O. The van der Waals surface area contributed by atoms with Gasteiger partial charge >= 0.3 is 12.1 Å². The lowest BCUT2D eigenvalue weighted by atomic mass is 9.98. The first kappa shape index (κ1) is 23.8. The molecule has 1 N–H and O–H groups in total. The van der Waals surface area contributed by atoms with Crippen LogP contribution >= 0.6 is 11.6 Å². The fourth-order valence-corrected chi connectivity index (χ4v) is 4.75. The zero-order chi connectivity index (χ0) is 24.2. The van der Waals surface area contributed by atoms with Gasteiger partial charge in [-0.05, 0) is 53.1 Å². The summed E-state index contributed by atoms with van der Waals surface area (Å²) in [5.41, 5.74) is 5.01. The molecule has 0 fully saturated rings. The van der Waals surface area contributed by atoms with E-state index in [-0.39, 0.29) is 24.0 Å². The van der Waals surface area contributed by atoms with Gasteiger partial charge < -0.3 is 9.84 Å². The molecule has 1 atom stereocenters. The number of rotatable bonds is 8. The standard InChI is InChI=1S/C27H25ClFNO4/c1-30(24(26(31)32)15-7-9-17-8-6-14-23(29)25(17)28)27(33)34-16-22-20-12-4-2-10-18(20)19-11-3-5-13-21(19)22/h2-6,8,10-14,22,24H,7,9,15-16H2,1H3,(H,31,32)/t24-/m0/s1. The molecule has 0 aliphatic heterocycles. The van der Waals surface area contributed by atoms with Crippen LogP contribution in [0.4, 0.5) is 9.18 Å². The number of benzene rings is 3. The van der Waals surface area contributed by atoms with E-state index in [1.165, 1.54) is 13.1 Å². The number of amides is 1. The average Bonchev–Trinajstić information content (AvgIpc) is 3.16. The molecule has 176 valence electrons. The van der Waals surface area contributed by atoms with E-state index in [9.17, 15) is 19.1 Å². The van der Waals surface area contributed by atoms with Gasteiger partial charge in [-0.25, -0.2) is 14.0 Å². The second-order valence-electron chi connectivity index (χ2n) is 8.37. The molecule has 0 saturated carbocycles. The number of aryl methyl sites for hydroxylation is 1. The largest absolute Gasteiger partial charge is 0.480 e. The molecule has 0 unspecified atom stereocenters. The molecule has 7 heteroatoms. The summed E-state index contributed by atoms with van der Waals surface area (Å²) in [6.07, 6.45) is 0.307. The number of hydrogen-bond donors (Lipinski definition) is 1. The van der Waals surface area contributed by atoms with Gasteiger partial charge in [-0.15, -0.1) is 0 Å². The maximum atomic E-state index is 13.6. The predicted molar refractivity (Wildman–Crippen MR) is 129 cm³/mol. The summed E-state index contributed by atoms with van der Waals surface area (Å²) in [7, 11) is 1.42. The Labute approximate surface area is 202 Å². The minimum Gasteiger partial charge on any atom is -0.480 e. The minimum atomic E-state index is -1.12. The number of halogens is 2. The van der Waals surface area contributed by atoms with E-state index in [0.717, 1.165) is 27.2 Å². The number of nitrogens with zero attached hydrogens (tertiary/aromatic N) is 1. The van der Waals surface area contributed by atoms with Crippen molar-refractivity contribution in [2.24, 2.45) is 0 Å². The molecule has 1 aliphatic rings. The molecule has 3 aromatic rings. The number of carbonyl (C=O) groups is 2. The lowest BCUT2D eigenvalue weighted by molar-refractivity contribution is -0.142. The lowest BCUT2D eigenvalue weighted by Gasteiger charge is -2.25. The van der Waals surface area contributed by atoms with Gasteiger partial charge in [-0.1, -0.05) is 72.3 Å². The summed E-state index contributed by atoms with van der Waals surface area (Å²) in [5.74, 6) is -1.74. The molecule has 0 aromatic heterocycles. The maximum absolute atomic E-state index is 13.6. The van der Waals surface area contributed by atoms with Crippen molar-refractivity contribution in [3.8, 4) is 11.1 Å². The van der Waals surface area contributed by atoms with Crippen molar-refractivity contribution in [1.82, 2.24) is 4.90 Å². The minimum absolute atomic E-state index is 0.0410. The highest BCUT2D eigenvalue weighted by atomic mass is 35.5. The number of ether oxygens (including phenoxy) is 1. The van der Waals surface area contributed by atoms with Gasteiger partial charge in [-0.2, -0.15) is 0 Å². The zero-order valence-corrected chi connectivity index (χ0v) is 19.5. The zero-order valence-electron chi connectivity index (χ0n) is 18.7. The number of hydrogen-bond acceptors (Lipinski definition) is 3. The number of carbonyl (C=O) groups excluding carboxylic acids is 1. The van der Waals surface area contributed by atoms with E-state index in [4.69, 9.17) is 16.3 Å². The molecule has 1 amide bonds. The van der Waals surface area contributed by atoms with Crippen LogP contribution in [0.5, 0.6) is 0 Å². The molecule has 0 bridgehead atoms. The van der Waals surface area contributed by atoms with Gasteiger partial charge in [0.1, 0.15) is 18.5 Å². The van der Waals surface area contributed by atoms with Gasteiger partial charge in [-0.3, -0.25) is 4.90 Å². The quantitative estimate of drug-likeness (QED) is 0.420. The molecule has 0 saturated heterocycles. The number of carboxylic acids is 1. The highest BCUT2D eigenvalue weighted by molar-refractivity contribution is 6.31. The summed E-state index contributed by atoms with van der Waals surface area (Å²) in [4.78, 5) is 25.7. The van der Waals surface area contributed by atoms with E-state index in [1.54, 1.807) is 12.1 Å². The van der Waals surface area contributed by atoms with E-state index in [1.807, 2.05) is 48.5 Å². The fraction of sp³-hybridized carbons (Fsp3) is 0.259. The Kier molecular flexibility index (Phi) is 7.17. The molecule has 0 heterocycles. The number of carboxylic acid groups (broad SMARTS) is 1. The van der Waals surface area contributed by atoms with Gasteiger partial charge in [0.2, 0.25) is 0 Å². The number of fused-ring (bicyclic) bond motifs is 3. The Bertz CT molecular complexity index is 1170. The van der Waals surface area contributed by atoms with Crippen LogP contribution in [0.2, 0.25) is 5.02 Å². The van der Waals surface area contributed by atoms with Crippen LogP contribution in [0.15, 0.2) is 66.7 Å². The van der Waals surface area contributed by atoms with Gasteiger partial charge in [0.15, 0.2) is 0 Å². The summed E-state index contributed by atoms with van der Waals surface area (Å²) >= 11 is 5.98. The smallest absolute Gasteiger partial charge is 0.410 e. The Morgan fingerprint density at radius 3 is 2.26 bits per heavy atom. The number of likely N-dealkylation sites (N-methyl/N-ethyl adjacent to an activating group) is 1. The monoisotopic (exact) mass is 481 g/mol. The topological polar surface area (TPSA) is 66.8 Å². The van der Waals surface area contributed by atoms with Gasteiger partial charge in [0, 0.05) is 13.0 Å². The van der Waals surface area contributed by atoms with Crippen LogP contribution in [-0.2, 0) is 16.0 Å². The maximum Gasteiger partial charge on any atom is 0.410 e. The third-order valence-electron chi connectivity index (χ3n) is 6.33. The predicted octanol–water partition coefficient (Wildman–Crippen LogP) is 6.14. The molecule has 3 aromatic carbocycles. The Balaban J connectivity index is 1.39. The lowest BCUT2D eigenvalue weighted by Crippen LogP contribution is -2.43. The van der Waals surface area contributed by atoms with Crippen LogP contribution in [0, 0.1) is 5.82 Å². The molecule has 4 rings (SSSR count). The molecule has 0 spiro atoms. The second-order valence-corrected chi connectivity index (χ2v) is 8.75. The van der Waals surface area contributed by atoms with Crippen molar-refractivity contribution in [3.63, 3.8) is 0 Å². The van der Waals surface area contributed by atoms with Crippen molar-refractivity contribution < 1.29 is 23.8 Å². The molecule has 34 heavy (non-hydrogen) atoms. The van der Waals surface area contributed by atoms with Crippen LogP contribution in [0.25, 0.3) is 11.1 Å². The van der Waals surface area contributed by atoms with Crippen LogP contribution in [0.1, 0.15) is 35.4 Å². The van der Waals surface area contributed by atoms with E-state index in [2.05, 4.69) is 0 Å². The van der Waals surface area contributed by atoms with Crippen molar-refractivity contribution in [3.05, 3.63) is 94.3 Å². The van der Waals surface area contributed by atoms with Crippen LogP contribution in [0.3, 0.4) is 0 Å². The Morgan fingerprint density at radius 1 is 1.03 bits per heavy atom. The highest BCUT2D eigenvalue weighted by Gasteiger charge is 2.31.